The van der Waals surface area contributed by atoms with Crippen LogP contribution in [0.4, 0.5) is 5.82 Å². The van der Waals surface area contributed by atoms with Gasteiger partial charge >= 0.3 is 0 Å². The first-order valence-electron chi connectivity index (χ1n) is 7.04. The number of rotatable bonds is 6. The molecule has 0 unspecified atom stereocenters. The van der Waals surface area contributed by atoms with E-state index in [-0.39, 0.29) is 12.0 Å². The Kier molecular flexibility index (Phi) is 5.29. The largest absolute Gasteiger partial charge is 0.477 e. The minimum Gasteiger partial charge on any atom is -0.477 e. The fraction of sp³-hybridized carbons (Fsp3) is 0.643. The quantitative estimate of drug-likeness (QED) is 0.862. The van der Waals surface area contributed by atoms with E-state index in [4.69, 9.17) is 9.47 Å². The molecule has 2 rings (SSSR count). The molecule has 1 fully saturated rings. The van der Waals surface area contributed by atoms with Gasteiger partial charge in [-0.25, -0.2) is 0 Å². The van der Waals surface area contributed by atoms with Crippen LogP contribution >= 0.6 is 0 Å². The van der Waals surface area contributed by atoms with Crippen molar-refractivity contribution in [2.45, 2.75) is 39.2 Å². The van der Waals surface area contributed by atoms with Crippen molar-refractivity contribution in [2.24, 2.45) is 5.92 Å². The maximum absolute atomic E-state index is 11.8. The maximum Gasteiger partial charge on any atom is 0.254 e. The lowest BCUT2D eigenvalue weighted by molar-refractivity contribution is -0.124. The van der Waals surface area contributed by atoms with Crippen LogP contribution in [0.1, 0.15) is 33.1 Å². The summed E-state index contributed by atoms with van der Waals surface area (Å²) in [6, 6.07) is 3.39. The van der Waals surface area contributed by atoms with Crippen LogP contribution in [0.15, 0.2) is 12.1 Å². The molecule has 110 valence electrons. The van der Waals surface area contributed by atoms with E-state index in [0.717, 1.165) is 19.3 Å². The van der Waals surface area contributed by atoms with Gasteiger partial charge in [0, 0.05) is 12.7 Å². The summed E-state index contributed by atoms with van der Waals surface area (Å²) >= 11 is 0. The van der Waals surface area contributed by atoms with Crippen molar-refractivity contribution < 1.29 is 14.3 Å². The Morgan fingerprint density at radius 1 is 1.50 bits per heavy atom. The molecule has 1 N–H and O–H groups in total. The van der Waals surface area contributed by atoms with Gasteiger partial charge in [-0.1, -0.05) is 13.8 Å². The number of ether oxygens (including phenoxy) is 2. The Labute approximate surface area is 118 Å². The summed E-state index contributed by atoms with van der Waals surface area (Å²) < 4.78 is 10.8. The van der Waals surface area contributed by atoms with Gasteiger partial charge in [0.25, 0.3) is 5.91 Å². The summed E-state index contributed by atoms with van der Waals surface area (Å²) in [5.41, 5.74) is 0. The number of nitrogens with one attached hydrogen (secondary N) is 1. The second kappa shape index (κ2) is 7.19. The normalized spacial score (nSPS) is 18.2. The van der Waals surface area contributed by atoms with Crippen molar-refractivity contribution in [3.8, 4) is 5.88 Å². The van der Waals surface area contributed by atoms with Crippen LogP contribution in [0, 0.1) is 5.92 Å². The highest BCUT2D eigenvalue weighted by Crippen LogP contribution is 2.15. The van der Waals surface area contributed by atoms with E-state index >= 15 is 0 Å². The monoisotopic (exact) mass is 279 g/mol. The van der Waals surface area contributed by atoms with Crippen molar-refractivity contribution in [1.82, 2.24) is 10.2 Å². The molecule has 0 aliphatic carbocycles. The molecule has 6 nitrogen and oxygen atoms in total. The topological polar surface area (TPSA) is 73.3 Å². The molecule has 0 aromatic carbocycles. The summed E-state index contributed by atoms with van der Waals surface area (Å²) in [6.07, 6.45) is 2.29. The van der Waals surface area contributed by atoms with E-state index < -0.39 is 0 Å². The second-order valence-corrected chi connectivity index (χ2v) is 5.28. The molecule has 6 heteroatoms. The lowest BCUT2D eigenvalue weighted by Gasteiger charge is -2.10. The van der Waals surface area contributed by atoms with Crippen molar-refractivity contribution in [3.63, 3.8) is 0 Å². The predicted molar refractivity (Wildman–Crippen MR) is 74.6 cm³/mol. The zero-order valence-electron chi connectivity index (χ0n) is 12.0. The third-order valence-electron chi connectivity index (χ3n) is 3.06. The minimum atomic E-state index is -0.362. The molecular weight excluding hydrogens is 258 g/mol. The van der Waals surface area contributed by atoms with Gasteiger partial charge in [0.15, 0.2) is 5.82 Å². The third-order valence-corrected chi connectivity index (χ3v) is 3.06. The van der Waals surface area contributed by atoms with Crippen molar-refractivity contribution >= 4 is 11.7 Å². The second-order valence-electron chi connectivity index (χ2n) is 5.28. The van der Waals surface area contributed by atoms with Gasteiger partial charge in [-0.15, -0.1) is 10.2 Å². The van der Waals surface area contributed by atoms with Crippen LogP contribution in [0.5, 0.6) is 5.88 Å². The van der Waals surface area contributed by atoms with Crippen LogP contribution in [0.2, 0.25) is 0 Å². The highest BCUT2D eigenvalue weighted by Gasteiger charge is 2.23. The van der Waals surface area contributed by atoms with E-state index in [1.807, 2.05) is 0 Å². The van der Waals surface area contributed by atoms with Gasteiger partial charge in [-0.05, 0) is 31.2 Å². The number of carbonyl (C=O) groups is 1. The highest BCUT2D eigenvalue weighted by atomic mass is 16.5. The lowest BCUT2D eigenvalue weighted by Crippen LogP contribution is -2.27. The van der Waals surface area contributed by atoms with E-state index in [1.54, 1.807) is 12.1 Å². The van der Waals surface area contributed by atoms with E-state index in [2.05, 4.69) is 29.4 Å². The molecule has 1 amide bonds. The minimum absolute atomic E-state index is 0.162. The van der Waals surface area contributed by atoms with Gasteiger partial charge in [0.05, 0.1) is 6.61 Å². The van der Waals surface area contributed by atoms with E-state index in [1.165, 1.54) is 0 Å². The number of carbonyl (C=O) groups excluding carboxylic acids is 1. The summed E-state index contributed by atoms with van der Waals surface area (Å²) in [4.78, 5) is 11.8. The number of amides is 1. The Morgan fingerprint density at radius 3 is 2.95 bits per heavy atom. The number of nitrogens with zero attached hydrogens (tertiary/aromatic N) is 2. The Hall–Kier alpha value is -1.69. The molecule has 1 aromatic heterocycles. The Morgan fingerprint density at radius 2 is 2.35 bits per heavy atom. The first-order chi connectivity index (χ1) is 9.65. The van der Waals surface area contributed by atoms with Crippen LogP contribution in [0.3, 0.4) is 0 Å². The van der Waals surface area contributed by atoms with E-state index in [0.29, 0.717) is 30.8 Å². The fourth-order valence-corrected chi connectivity index (χ4v) is 1.85. The molecule has 1 aromatic rings. The van der Waals surface area contributed by atoms with Crippen molar-refractivity contribution in [1.29, 1.82) is 0 Å². The first-order valence-corrected chi connectivity index (χ1v) is 7.04. The highest BCUT2D eigenvalue weighted by molar-refractivity contribution is 5.93. The van der Waals surface area contributed by atoms with Gasteiger partial charge < -0.3 is 14.8 Å². The lowest BCUT2D eigenvalue weighted by atomic mass is 10.1. The van der Waals surface area contributed by atoms with Crippen LogP contribution < -0.4 is 10.1 Å². The molecule has 20 heavy (non-hydrogen) atoms. The maximum atomic E-state index is 11.8. The number of hydrogen-bond donors (Lipinski definition) is 1. The zero-order valence-corrected chi connectivity index (χ0v) is 12.0. The van der Waals surface area contributed by atoms with Gasteiger partial charge in [-0.3, -0.25) is 4.79 Å². The molecule has 1 aliphatic rings. The van der Waals surface area contributed by atoms with Crippen LogP contribution in [-0.2, 0) is 9.53 Å². The predicted octanol–water partition coefficient (Wildman–Crippen LogP) is 2.02. The van der Waals surface area contributed by atoms with Gasteiger partial charge in [-0.2, -0.15) is 0 Å². The summed E-state index contributed by atoms with van der Waals surface area (Å²) in [5, 5.41) is 10.5. The SMILES string of the molecule is CC(C)CCOc1ccc(NC(=O)[C@H]2CCCO2)nn1. The zero-order chi connectivity index (χ0) is 14.4. The molecule has 2 heterocycles. The molecule has 1 atom stereocenters. The molecule has 0 radical (unpaired) electrons. The average Bonchev–Trinajstić information content (AvgIpc) is 2.94. The fourth-order valence-electron chi connectivity index (χ4n) is 1.85. The summed E-state index contributed by atoms with van der Waals surface area (Å²) in [6.45, 7) is 5.54. The summed E-state index contributed by atoms with van der Waals surface area (Å²) in [7, 11) is 0. The smallest absolute Gasteiger partial charge is 0.254 e. The number of hydrogen-bond acceptors (Lipinski definition) is 5. The first kappa shape index (κ1) is 14.7. The Balaban J connectivity index is 1.80. The third kappa shape index (κ3) is 4.45. The molecule has 0 bridgehead atoms. The van der Waals surface area contributed by atoms with Crippen LogP contribution in [-0.4, -0.2) is 35.4 Å². The summed E-state index contributed by atoms with van der Waals surface area (Å²) in [5.74, 6) is 1.32. The van der Waals surface area contributed by atoms with Crippen molar-refractivity contribution in [3.05, 3.63) is 12.1 Å². The molecular formula is C14H21N3O3. The van der Waals surface area contributed by atoms with Crippen molar-refractivity contribution in [2.75, 3.05) is 18.5 Å². The molecule has 0 saturated carbocycles. The standard InChI is InChI=1S/C14H21N3O3/c1-10(2)7-9-20-13-6-5-12(16-17-13)15-14(18)11-4-3-8-19-11/h5-6,10-11H,3-4,7-9H2,1-2H3,(H,15,16,18)/t11-/m1/s1. The average molecular weight is 279 g/mol. The van der Waals surface area contributed by atoms with Gasteiger partial charge in [0.1, 0.15) is 6.10 Å². The Bertz CT molecular complexity index is 428. The number of aromatic nitrogens is 2. The molecule has 1 aliphatic heterocycles. The molecule has 1 saturated heterocycles. The van der Waals surface area contributed by atoms with E-state index in [9.17, 15) is 4.79 Å². The number of anilines is 1. The van der Waals surface area contributed by atoms with Crippen LogP contribution in [0.25, 0.3) is 0 Å². The molecule has 0 spiro atoms. The van der Waals surface area contributed by atoms with Gasteiger partial charge in [0.2, 0.25) is 5.88 Å².